The highest BCUT2D eigenvalue weighted by Gasteiger charge is 2.32. The number of amides is 2. The standard InChI is InChI=1S/C23H26N2O5/c1-11-14(4)29-20-13(3)21-17(10-16(11)20)12(2)15(23(28)30-21)7-8-19(26)25-9-5-6-18(25)22(24)27/h10,18H,5-9H2,1-4H3,(H2,24,27). The van der Waals surface area contributed by atoms with Gasteiger partial charge in [-0.1, -0.05) is 0 Å². The maximum atomic E-state index is 12.7. The van der Waals surface area contributed by atoms with Crippen molar-refractivity contribution in [1.82, 2.24) is 4.90 Å². The number of fused-ring (bicyclic) bond motifs is 2. The molecule has 3 heterocycles. The molecule has 0 spiro atoms. The summed E-state index contributed by atoms with van der Waals surface area (Å²) >= 11 is 0. The maximum absolute atomic E-state index is 12.7. The van der Waals surface area contributed by atoms with Gasteiger partial charge in [-0.15, -0.1) is 0 Å². The maximum Gasteiger partial charge on any atom is 0.339 e. The molecule has 1 aliphatic heterocycles. The van der Waals surface area contributed by atoms with Gasteiger partial charge in [0.05, 0.1) is 0 Å². The van der Waals surface area contributed by atoms with Crippen molar-refractivity contribution in [1.29, 1.82) is 0 Å². The predicted molar refractivity (Wildman–Crippen MR) is 113 cm³/mol. The Hall–Kier alpha value is -3.09. The van der Waals surface area contributed by atoms with Gasteiger partial charge in [0.15, 0.2) is 0 Å². The summed E-state index contributed by atoms with van der Waals surface area (Å²) in [6, 6.07) is 1.45. The normalized spacial score (nSPS) is 16.7. The Bertz CT molecular complexity index is 1250. The van der Waals surface area contributed by atoms with E-state index in [1.807, 2.05) is 33.8 Å². The fourth-order valence-electron chi connectivity index (χ4n) is 4.52. The molecule has 1 saturated heterocycles. The number of aryl methyl sites for hydroxylation is 4. The molecule has 1 unspecified atom stereocenters. The number of carbonyl (C=O) groups is 2. The first kappa shape index (κ1) is 20.2. The minimum absolute atomic E-state index is 0.131. The number of likely N-dealkylation sites (tertiary alicyclic amines) is 1. The third-order valence-electron chi connectivity index (χ3n) is 6.43. The minimum atomic E-state index is -0.546. The highest BCUT2D eigenvalue weighted by atomic mass is 16.4. The van der Waals surface area contributed by atoms with Crippen molar-refractivity contribution in [3.8, 4) is 0 Å². The van der Waals surface area contributed by atoms with Crippen LogP contribution >= 0.6 is 0 Å². The van der Waals surface area contributed by atoms with E-state index in [0.717, 1.165) is 45.2 Å². The van der Waals surface area contributed by atoms with E-state index in [9.17, 15) is 14.4 Å². The molecule has 30 heavy (non-hydrogen) atoms. The fourth-order valence-corrected chi connectivity index (χ4v) is 4.52. The van der Waals surface area contributed by atoms with Gasteiger partial charge >= 0.3 is 5.63 Å². The Balaban J connectivity index is 1.70. The van der Waals surface area contributed by atoms with Crippen LogP contribution in [0.3, 0.4) is 0 Å². The number of primary amides is 1. The summed E-state index contributed by atoms with van der Waals surface area (Å²) in [7, 11) is 0. The van der Waals surface area contributed by atoms with E-state index < -0.39 is 17.6 Å². The molecule has 1 atom stereocenters. The zero-order valence-electron chi connectivity index (χ0n) is 17.8. The van der Waals surface area contributed by atoms with E-state index in [4.69, 9.17) is 14.6 Å². The van der Waals surface area contributed by atoms with Crippen LogP contribution in [0.4, 0.5) is 0 Å². The molecule has 1 aliphatic rings. The number of nitrogens with two attached hydrogens (primary N) is 1. The molecule has 158 valence electrons. The molecule has 0 radical (unpaired) electrons. The van der Waals surface area contributed by atoms with Crippen LogP contribution in [0.1, 0.15) is 47.3 Å². The van der Waals surface area contributed by atoms with Crippen molar-refractivity contribution >= 4 is 33.8 Å². The van der Waals surface area contributed by atoms with Crippen LogP contribution in [-0.2, 0) is 16.0 Å². The van der Waals surface area contributed by atoms with E-state index >= 15 is 0 Å². The van der Waals surface area contributed by atoms with E-state index in [2.05, 4.69) is 0 Å². The van der Waals surface area contributed by atoms with Gasteiger partial charge in [-0.2, -0.15) is 0 Å². The van der Waals surface area contributed by atoms with E-state index in [0.29, 0.717) is 24.1 Å². The average molecular weight is 410 g/mol. The lowest BCUT2D eigenvalue weighted by molar-refractivity contribution is -0.137. The molecule has 4 rings (SSSR count). The first-order chi connectivity index (χ1) is 14.2. The summed E-state index contributed by atoms with van der Waals surface area (Å²) in [6.07, 6.45) is 1.74. The monoisotopic (exact) mass is 410 g/mol. The van der Waals surface area contributed by atoms with Crippen LogP contribution < -0.4 is 11.4 Å². The first-order valence-electron chi connectivity index (χ1n) is 10.2. The summed E-state index contributed by atoms with van der Waals surface area (Å²) < 4.78 is 11.5. The summed E-state index contributed by atoms with van der Waals surface area (Å²) in [6.45, 7) is 8.21. The number of hydrogen-bond acceptors (Lipinski definition) is 5. The molecule has 0 saturated carbocycles. The Morgan fingerprint density at radius 1 is 1.07 bits per heavy atom. The van der Waals surface area contributed by atoms with Gasteiger partial charge in [-0.25, -0.2) is 4.79 Å². The molecule has 7 nitrogen and oxygen atoms in total. The third kappa shape index (κ3) is 3.09. The third-order valence-corrected chi connectivity index (χ3v) is 6.43. The van der Waals surface area contributed by atoms with Gasteiger partial charge in [0.2, 0.25) is 11.8 Å². The quantitative estimate of drug-likeness (QED) is 0.665. The lowest BCUT2D eigenvalue weighted by Crippen LogP contribution is -2.43. The number of hydrogen-bond donors (Lipinski definition) is 1. The van der Waals surface area contributed by atoms with Gasteiger partial charge in [-0.3, -0.25) is 9.59 Å². The lowest BCUT2D eigenvalue weighted by Gasteiger charge is -2.22. The largest absolute Gasteiger partial charge is 0.461 e. The second-order valence-electron chi connectivity index (χ2n) is 8.18. The van der Waals surface area contributed by atoms with Gasteiger partial charge in [-0.05, 0) is 64.2 Å². The van der Waals surface area contributed by atoms with E-state index in [1.54, 1.807) is 0 Å². The number of rotatable bonds is 4. The smallest absolute Gasteiger partial charge is 0.339 e. The van der Waals surface area contributed by atoms with Crippen LogP contribution in [0.2, 0.25) is 0 Å². The molecule has 0 bridgehead atoms. The highest BCUT2D eigenvalue weighted by molar-refractivity contribution is 6.00. The van der Waals surface area contributed by atoms with E-state index in [1.165, 1.54) is 4.90 Å². The predicted octanol–water partition coefficient (Wildman–Crippen LogP) is 3.18. The van der Waals surface area contributed by atoms with Gasteiger partial charge in [0.1, 0.15) is 23.0 Å². The van der Waals surface area contributed by atoms with Crippen LogP contribution in [0.15, 0.2) is 19.7 Å². The van der Waals surface area contributed by atoms with Crippen molar-refractivity contribution in [3.63, 3.8) is 0 Å². The van der Waals surface area contributed by atoms with Crippen molar-refractivity contribution in [2.24, 2.45) is 5.73 Å². The number of furan rings is 1. The van der Waals surface area contributed by atoms with Gasteiger partial charge in [0, 0.05) is 34.9 Å². The number of benzene rings is 1. The van der Waals surface area contributed by atoms with Crippen molar-refractivity contribution in [2.75, 3.05) is 6.54 Å². The fraction of sp³-hybridized carbons (Fsp3) is 0.435. The molecule has 2 amide bonds. The zero-order chi connectivity index (χ0) is 21.7. The van der Waals surface area contributed by atoms with E-state index in [-0.39, 0.29) is 18.7 Å². The summed E-state index contributed by atoms with van der Waals surface area (Å²) in [5.41, 5.74) is 9.37. The molecular weight excluding hydrogens is 384 g/mol. The van der Waals surface area contributed by atoms with Gasteiger partial charge in [0.25, 0.3) is 0 Å². The van der Waals surface area contributed by atoms with Crippen LogP contribution in [0.5, 0.6) is 0 Å². The highest BCUT2D eigenvalue weighted by Crippen LogP contribution is 2.34. The Kier molecular flexibility index (Phi) is 4.92. The molecule has 2 aromatic heterocycles. The minimum Gasteiger partial charge on any atom is -0.461 e. The van der Waals surface area contributed by atoms with Crippen molar-refractivity contribution < 1.29 is 18.4 Å². The molecule has 1 fully saturated rings. The summed E-state index contributed by atoms with van der Waals surface area (Å²) in [4.78, 5) is 38.5. The second kappa shape index (κ2) is 7.31. The van der Waals surface area contributed by atoms with Gasteiger partial charge < -0.3 is 19.5 Å². The summed E-state index contributed by atoms with van der Waals surface area (Å²) in [5.74, 6) is 0.194. The Morgan fingerprint density at radius 3 is 2.43 bits per heavy atom. The molecule has 0 aliphatic carbocycles. The van der Waals surface area contributed by atoms with Crippen LogP contribution in [-0.4, -0.2) is 29.3 Å². The topological polar surface area (TPSA) is 107 Å². The average Bonchev–Trinajstić information content (AvgIpc) is 3.29. The zero-order valence-corrected chi connectivity index (χ0v) is 17.8. The second-order valence-corrected chi connectivity index (χ2v) is 8.18. The molecule has 1 aromatic carbocycles. The van der Waals surface area contributed by atoms with Crippen molar-refractivity contribution in [3.05, 3.63) is 44.5 Å². The van der Waals surface area contributed by atoms with Crippen molar-refractivity contribution in [2.45, 2.75) is 59.4 Å². The Morgan fingerprint density at radius 2 is 1.73 bits per heavy atom. The van der Waals surface area contributed by atoms with Crippen LogP contribution in [0.25, 0.3) is 21.9 Å². The Labute approximate surface area is 173 Å². The number of carbonyl (C=O) groups excluding carboxylic acids is 2. The lowest BCUT2D eigenvalue weighted by atomic mass is 9.98. The van der Waals surface area contributed by atoms with Crippen LogP contribution in [0, 0.1) is 27.7 Å². The first-order valence-corrected chi connectivity index (χ1v) is 10.2. The summed E-state index contributed by atoms with van der Waals surface area (Å²) in [5, 5.41) is 1.85. The number of nitrogens with zero attached hydrogens (tertiary/aromatic N) is 1. The molecule has 7 heteroatoms. The SMILES string of the molecule is Cc1oc2c(C)c3oc(=O)c(CCC(=O)N4CCCC4C(N)=O)c(C)c3cc2c1C. The molecule has 2 N–H and O–H groups in total. The molecule has 3 aromatic rings. The molecular formula is C23H26N2O5.